The van der Waals surface area contributed by atoms with Crippen LogP contribution in [0.25, 0.3) is 0 Å². The molecule has 1 unspecified atom stereocenters. The largest absolute Gasteiger partial charge is 0.391 e. The summed E-state index contributed by atoms with van der Waals surface area (Å²) in [6.07, 6.45) is 1.87. The standard InChI is InChI=1S/C10H14F2N2O/c1-2-3-8(15)6-14-10-9(12)4-7(11)5-13-10/h4-5,8,15H,2-3,6H2,1H3,(H,13,14). The number of aliphatic hydroxyl groups excluding tert-OH is 1. The van der Waals surface area contributed by atoms with E-state index in [1.54, 1.807) is 0 Å². The fraction of sp³-hybridized carbons (Fsp3) is 0.500. The Morgan fingerprint density at radius 1 is 1.53 bits per heavy atom. The Labute approximate surface area is 87.2 Å². The average Bonchev–Trinajstić information content (AvgIpc) is 2.17. The van der Waals surface area contributed by atoms with Crippen molar-refractivity contribution in [3.8, 4) is 0 Å². The van der Waals surface area contributed by atoms with Crippen LogP contribution in [0, 0.1) is 11.6 Å². The van der Waals surface area contributed by atoms with E-state index in [0.717, 1.165) is 18.7 Å². The summed E-state index contributed by atoms with van der Waals surface area (Å²) in [5, 5.41) is 12.0. The molecule has 5 heteroatoms. The molecule has 0 aliphatic carbocycles. The molecule has 84 valence electrons. The van der Waals surface area contributed by atoms with Crippen LogP contribution in [0.15, 0.2) is 12.3 Å². The molecular formula is C10H14F2N2O. The Bertz CT molecular complexity index is 320. The minimum Gasteiger partial charge on any atom is -0.391 e. The maximum Gasteiger partial charge on any atom is 0.168 e. The van der Waals surface area contributed by atoms with Crippen molar-refractivity contribution >= 4 is 5.82 Å². The van der Waals surface area contributed by atoms with Crippen molar-refractivity contribution in [2.75, 3.05) is 11.9 Å². The number of aliphatic hydroxyl groups is 1. The van der Waals surface area contributed by atoms with E-state index in [9.17, 15) is 13.9 Å². The van der Waals surface area contributed by atoms with Gasteiger partial charge in [-0.25, -0.2) is 13.8 Å². The number of halogens is 2. The summed E-state index contributed by atoms with van der Waals surface area (Å²) in [5.41, 5.74) is 0. The maximum atomic E-state index is 13.0. The van der Waals surface area contributed by atoms with Crippen molar-refractivity contribution in [1.82, 2.24) is 4.98 Å². The molecule has 1 aromatic rings. The highest BCUT2D eigenvalue weighted by Gasteiger charge is 2.07. The topological polar surface area (TPSA) is 45.1 Å². The van der Waals surface area contributed by atoms with Crippen molar-refractivity contribution in [3.63, 3.8) is 0 Å². The lowest BCUT2D eigenvalue weighted by molar-refractivity contribution is 0.176. The molecule has 0 saturated carbocycles. The number of hydrogen-bond acceptors (Lipinski definition) is 3. The first kappa shape index (κ1) is 11.8. The van der Waals surface area contributed by atoms with Gasteiger partial charge in [0.05, 0.1) is 12.3 Å². The highest BCUT2D eigenvalue weighted by atomic mass is 19.1. The van der Waals surface area contributed by atoms with Gasteiger partial charge in [-0.1, -0.05) is 13.3 Å². The second-order valence-electron chi connectivity index (χ2n) is 3.31. The molecule has 0 aliphatic rings. The van der Waals surface area contributed by atoms with E-state index in [4.69, 9.17) is 0 Å². The molecule has 1 atom stereocenters. The molecule has 2 N–H and O–H groups in total. The molecule has 0 saturated heterocycles. The van der Waals surface area contributed by atoms with Crippen molar-refractivity contribution in [3.05, 3.63) is 23.9 Å². The molecule has 0 bridgehead atoms. The zero-order chi connectivity index (χ0) is 11.3. The van der Waals surface area contributed by atoms with E-state index in [1.807, 2.05) is 6.92 Å². The molecule has 0 radical (unpaired) electrons. The molecular weight excluding hydrogens is 202 g/mol. The summed E-state index contributed by atoms with van der Waals surface area (Å²) >= 11 is 0. The van der Waals surface area contributed by atoms with E-state index in [1.165, 1.54) is 0 Å². The Hall–Kier alpha value is -1.23. The lowest BCUT2D eigenvalue weighted by atomic mass is 10.2. The number of pyridine rings is 1. The van der Waals surface area contributed by atoms with E-state index in [-0.39, 0.29) is 12.4 Å². The third kappa shape index (κ3) is 3.79. The van der Waals surface area contributed by atoms with E-state index < -0.39 is 17.7 Å². The quantitative estimate of drug-likeness (QED) is 0.790. The lowest BCUT2D eigenvalue weighted by Gasteiger charge is -2.11. The van der Waals surface area contributed by atoms with Crippen molar-refractivity contribution < 1.29 is 13.9 Å². The molecule has 0 aromatic carbocycles. The van der Waals surface area contributed by atoms with Gasteiger partial charge in [-0.05, 0) is 6.42 Å². The Kier molecular flexibility index (Phi) is 4.42. The molecule has 1 aromatic heterocycles. The van der Waals surface area contributed by atoms with Crippen LogP contribution in [0.2, 0.25) is 0 Å². The normalized spacial score (nSPS) is 12.5. The fourth-order valence-electron chi connectivity index (χ4n) is 1.19. The predicted molar refractivity (Wildman–Crippen MR) is 53.6 cm³/mol. The average molecular weight is 216 g/mol. The number of nitrogens with zero attached hydrogens (tertiary/aromatic N) is 1. The van der Waals surface area contributed by atoms with Crippen LogP contribution in [0.3, 0.4) is 0 Å². The van der Waals surface area contributed by atoms with Gasteiger partial charge in [-0.15, -0.1) is 0 Å². The Morgan fingerprint density at radius 2 is 2.27 bits per heavy atom. The summed E-state index contributed by atoms with van der Waals surface area (Å²) in [6.45, 7) is 2.16. The molecule has 0 fully saturated rings. The molecule has 3 nitrogen and oxygen atoms in total. The summed E-state index contributed by atoms with van der Waals surface area (Å²) in [4.78, 5) is 3.54. The van der Waals surface area contributed by atoms with Crippen LogP contribution >= 0.6 is 0 Å². The lowest BCUT2D eigenvalue weighted by Crippen LogP contribution is -2.20. The molecule has 1 heterocycles. The smallest absolute Gasteiger partial charge is 0.168 e. The van der Waals surface area contributed by atoms with Gasteiger partial charge in [-0.3, -0.25) is 0 Å². The number of rotatable bonds is 5. The van der Waals surface area contributed by atoms with Gasteiger partial charge in [0.25, 0.3) is 0 Å². The van der Waals surface area contributed by atoms with Gasteiger partial charge in [0, 0.05) is 12.6 Å². The second-order valence-corrected chi connectivity index (χ2v) is 3.31. The minimum absolute atomic E-state index is 0.0356. The van der Waals surface area contributed by atoms with Crippen LogP contribution in [-0.4, -0.2) is 22.7 Å². The van der Waals surface area contributed by atoms with E-state index in [0.29, 0.717) is 6.42 Å². The Balaban J connectivity index is 2.50. The third-order valence-corrected chi connectivity index (χ3v) is 1.93. The molecule has 15 heavy (non-hydrogen) atoms. The summed E-state index contributed by atoms with van der Waals surface area (Å²) in [6, 6.07) is 0.752. The second kappa shape index (κ2) is 5.60. The van der Waals surface area contributed by atoms with Gasteiger partial charge in [0.2, 0.25) is 0 Å². The fourth-order valence-corrected chi connectivity index (χ4v) is 1.19. The Morgan fingerprint density at radius 3 is 2.87 bits per heavy atom. The van der Waals surface area contributed by atoms with Crippen LogP contribution in [-0.2, 0) is 0 Å². The van der Waals surface area contributed by atoms with Crippen molar-refractivity contribution in [1.29, 1.82) is 0 Å². The first-order chi connectivity index (χ1) is 7.13. The van der Waals surface area contributed by atoms with Crippen LogP contribution in [0.5, 0.6) is 0 Å². The van der Waals surface area contributed by atoms with Gasteiger partial charge >= 0.3 is 0 Å². The summed E-state index contributed by atoms with van der Waals surface area (Å²) < 4.78 is 25.5. The predicted octanol–water partition coefficient (Wildman–Crippen LogP) is 1.93. The first-order valence-corrected chi connectivity index (χ1v) is 4.86. The van der Waals surface area contributed by atoms with Gasteiger partial charge in [0.15, 0.2) is 11.6 Å². The summed E-state index contributed by atoms with van der Waals surface area (Å²) in [5.74, 6) is -1.50. The number of hydrogen-bond donors (Lipinski definition) is 2. The molecule has 0 aliphatic heterocycles. The van der Waals surface area contributed by atoms with Gasteiger partial charge in [0.1, 0.15) is 5.82 Å². The van der Waals surface area contributed by atoms with E-state index in [2.05, 4.69) is 10.3 Å². The van der Waals surface area contributed by atoms with Crippen LogP contribution < -0.4 is 5.32 Å². The first-order valence-electron chi connectivity index (χ1n) is 4.86. The third-order valence-electron chi connectivity index (χ3n) is 1.93. The van der Waals surface area contributed by atoms with Crippen LogP contribution in [0.4, 0.5) is 14.6 Å². The van der Waals surface area contributed by atoms with Gasteiger partial charge < -0.3 is 10.4 Å². The van der Waals surface area contributed by atoms with Crippen molar-refractivity contribution in [2.24, 2.45) is 0 Å². The SMILES string of the molecule is CCCC(O)CNc1ncc(F)cc1F. The van der Waals surface area contributed by atoms with Crippen LogP contribution in [0.1, 0.15) is 19.8 Å². The molecule has 0 amide bonds. The van der Waals surface area contributed by atoms with E-state index >= 15 is 0 Å². The van der Waals surface area contributed by atoms with Gasteiger partial charge in [-0.2, -0.15) is 0 Å². The number of nitrogens with one attached hydrogen (secondary N) is 1. The zero-order valence-corrected chi connectivity index (χ0v) is 8.50. The monoisotopic (exact) mass is 216 g/mol. The molecule has 0 spiro atoms. The highest BCUT2D eigenvalue weighted by molar-refractivity contribution is 5.35. The maximum absolute atomic E-state index is 13.0. The highest BCUT2D eigenvalue weighted by Crippen LogP contribution is 2.11. The number of anilines is 1. The molecule has 1 rings (SSSR count). The zero-order valence-electron chi connectivity index (χ0n) is 8.50. The minimum atomic E-state index is -0.751. The summed E-state index contributed by atoms with van der Waals surface area (Å²) in [7, 11) is 0. The number of aromatic nitrogens is 1. The van der Waals surface area contributed by atoms with Crippen molar-refractivity contribution in [2.45, 2.75) is 25.9 Å².